The van der Waals surface area contributed by atoms with Crippen LogP contribution in [0.5, 0.6) is 0 Å². The van der Waals surface area contributed by atoms with E-state index in [0.29, 0.717) is 0 Å². The van der Waals surface area contributed by atoms with Gasteiger partial charge in [0.25, 0.3) is 0 Å². The van der Waals surface area contributed by atoms with Crippen molar-refractivity contribution >= 4 is 34.1 Å². The van der Waals surface area contributed by atoms with E-state index in [-0.39, 0.29) is 5.41 Å². The third-order valence-electron chi connectivity index (χ3n) is 9.26. The highest BCUT2D eigenvalue weighted by molar-refractivity contribution is 5.88. The quantitative estimate of drug-likeness (QED) is 0.188. The number of hydrogen-bond acceptors (Lipinski definition) is 2. The molecule has 0 atom stereocenters. The molecule has 7 rings (SSSR count). The van der Waals surface area contributed by atoms with Crippen molar-refractivity contribution in [3.8, 4) is 11.1 Å². The molecule has 0 unspecified atom stereocenters. The fraction of sp³-hybridized carbons (Fsp3) is 0.143. The number of benzene rings is 6. The van der Waals surface area contributed by atoms with Crippen LogP contribution in [-0.4, -0.2) is 0 Å². The van der Waals surface area contributed by atoms with Crippen molar-refractivity contribution in [2.75, 3.05) is 9.80 Å². The number of para-hydroxylation sites is 2. The summed E-state index contributed by atoms with van der Waals surface area (Å²) in [5, 5.41) is 0. The van der Waals surface area contributed by atoms with Crippen molar-refractivity contribution in [3.05, 3.63) is 168 Å². The van der Waals surface area contributed by atoms with E-state index < -0.39 is 0 Å². The Labute approximate surface area is 261 Å². The molecular weight excluding hydrogens is 532 g/mol. The highest BCUT2D eigenvalue weighted by Crippen LogP contribution is 2.54. The van der Waals surface area contributed by atoms with Crippen LogP contribution >= 0.6 is 0 Å². The Kier molecular flexibility index (Phi) is 7.06. The van der Waals surface area contributed by atoms with E-state index in [9.17, 15) is 0 Å². The van der Waals surface area contributed by atoms with Crippen molar-refractivity contribution in [2.45, 2.75) is 39.5 Å². The first-order valence-corrected chi connectivity index (χ1v) is 15.6. The summed E-state index contributed by atoms with van der Waals surface area (Å²) in [5.74, 6) is 0. The summed E-state index contributed by atoms with van der Waals surface area (Å²) in [6, 6.07) is 53.1. The lowest BCUT2D eigenvalue weighted by Crippen LogP contribution is -2.20. The van der Waals surface area contributed by atoms with Gasteiger partial charge in [0.2, 0.25) is 0 Å². The molecule has 1 aliphatic rings. The molecule has 0 fully saturated rings. The van der Waals surface area contributed by atoms with E-state index in [1.165, 1.54) is 56.1 Å². The van der Waals surface area contributed by atoms with E-state index >= 15 is 0 Å². The molecule has 0 heterocycles. The van der Waals surface area contributed by atoms with Gasteiger partial charge in [-0.3, -0.25) is 0 Å². The highest BCUT2D eigenvalue weighted by Gasteiger charge is 2.39. The van der Waals surface area contributed by atoms with Gasteiger partial charge in [-0.2, -0.15) is 0 Å². The smallest absolute Gasteiger partial charge is 0.0465 e. The highest BCUT2D eigenvalue weighted by atomic mass is 15.1. The first-order valence-electron chi connectivity index (χ1n) is 15.6. The van der Waals surface area contributed by atoms with E-state index in [1.54, 1.807) is 0 Å². The standard InChI is InChI=1S/C42H38N2/c1-5-42(4)40-28-36(43(32-16-8-6-9-17-32)34-20-12-14-30(2)26-34)22-24-38(40)39-25-23-37(29-41(39)42)44(33-18-10-7-11-19-33)35-21-13-15-31(3)27-35/h6-29H,5H2,1-4H3. The summed E-state index contributed by atoms with van der Waals surface area (Å²) in [7, 11) is 0. The van der Waals surface area contributed by atoms with Gasteiger partial charge in [-0.05, 0) is 126 Å². The minimum Gasteiger partial charge on any atom is -0.310 e. The number of fused-ring (bicyclic) bond motifs is 3. The zero-order valence-electron chi connectivity index (χ0n) is 26.0. The Bertz CT molecular complexity index is 1800. The average Bonchev–Trinajstić information content (AvgIpc) is 3.30. The average molecular weight is 571 g/mol. The molecule has 1 aliphatic carbocycles. The van der Waals surface area contributed by atoms with Crippen LogP contribution < -0.4 is 9.80 Å². The Hall–Kier alpha value is -5.08. The number of aryl methyl sites for hydroxylation is 2. The van der Waals surface area contributed by atoms with Crippen LogP contribution in [0.4, 0.5) is 34.1 Å². The zero-order valence-corrected chi connectivity index (χ0v) is 26.0. The molecule has 0 spiro atoms. The molecule has 0 saturated heterocycles. The molecule has 0 bridgehead atoms. The molecular formula is C42H38N2. The molecule has 0 aromatic heterocycles. The van der Waals surface area contributed by atoms with Gasteiger partial charge >= 0.3 is 0 Å². The molecule has 0 amide bonds. The number of rotatable bonds is 7. The van der Waals surface area contributed by atoms with Gasteiger partial charge in [-0.15, -0.1) is 0 Å². The van der Waals surface area contributed by atoms with E-state index in [1.807, 2.05) is 0 Å². The first kappa shape index (κ1) is 27.7. The molecule has 0 radical (unpaired) electrons. The van der Waals surface area contributed by atoms with Crippen LogP contribution in [0.3, 0.4) is 0 Å². The van der Waals surface area contributed by atoms with Gasteiger partial charge in [-0.25, -0.2) is 0 Å². The summed E-state index contributed by atoms with van der Waals surface area (Å²) in [6.07, 6.45) is 1.01. The number of nitrogens with zero attached hydrogens (tertiary/aromatic N) is 2. The Morgan fingerprint density at radius 1 is 0.432 bits per heavy atom. The van der Waals surface area contributed by atoms with Crippen LogP contribution in [0.1, 0.15) is 42.5 Å². The molecule has 2 heteroatoms. The lowest BCUT2D eigenvalue weighted by molar-refractivity contribution is 0.564. The normalized spacial score (nSPS) is 12.8. The first-order chi connectivity index (χ1) is 21.5. The SMILES string of the molecule is CCC1(C)c2cc(N(c3ccccc3)c3cccc(C)c3)ccc2-c2ccc(N(c3ccccc3)c3cccc(C)c3)cc21. The van der Waals surface area contributed by atoms with E-state index in [0.717, 1.165) is 17.8 Å². The zero-order chi connectivity index (χ0) is 30.3. The van der Waals surface area contributed by atoms with E-state index in [2.05, 4.69) is 183 Å². The van der Waals surface area contributed by atoms with Crippen LogP contribution in [0.15, 0.2) is 146 Å². The van der Waals surface area contributed by atoms with Gasteiger partial charge in [0, 0.05) is 39.5 Å². The second kappa shape index (κ2) is 11.2. The van der Waals surface area contributed by atoms with Crippen LogP contribution in [0.2, 0.25) is 0 Å². The van der Waals surface area contributed by atoms with Gasteiger partial charge in [0.1, 0.15) is 0 Å². The number of anilines is 6. The molecule has 0 N–H and O–H groups in total. The molecule has 6 aromatic carbocycles. The summed E-state index contributed by atoms with van der Waals surface area (Å²) in [5.41, 5.74) is 14.8. The molecule has 0 aliphatic heterocycles. The third kappa shape index (κ3) is 4.77. The third-order valence-corrected chi connectivity index (χ3v) is 9.26. The second-order valence-corrected chi connectivity index (χ2v) is 12.2. The fourth-order valence-electron chi connectivity index (χ4n) is 6.83. The Balaban J connectivity index is 1.37. The molecule has 0 saturated carbocycles. The maximum absolute atomic E-state index is 2.43. The summed E-state index contributed by atoms with van der Waals surface area (Å²) >= 11 is 0. The predicted octanol–water partition coefficient (Wildman–Crippen LogP) is 11.9. The van der Waals surface area contributed by atoms with Crippen LogP contribution in [-0.2, 0) is 5.41 Å². The molecule has 2 nitrogen and oxygen atoms in total. The molecule has 44 heavy (non-hydrogen) atoms. The fourth-order valence-corrected chi connectivity index (χ4v) is 6.83. The maximum Gasteiger partial charge on any atom is 0.0465 e. The topological polar surface area (TPSA) is 6.48 Å². The lowest BCUT2D eigenvalue weighted by atomic mass is 9.77. The minimum atomic E-state index is -0.124. The second-order valence-electron chi connectivity index (χ2n) is 12.2. The van der Waals surface area contributed by atoms with Crippen molar-refractivity contribution in [1.29, 1.82) is 0 Å². The van der Waals surface area contributed by atoms with Crippen molar-refractivity contribution in [3.63, 3.8) is 0 Å². The summed E-state index contributed by atoms with van der Waals surface area (Å²) in [4.78, 5) is 4.76. The predicted molar refractivity (Wildman–Crippen MR) is 187 cm³/mol. The number of hydrogen-bond donors (Lipinski definition) is 0. The van der Waals surface area contributed by atoms with Crippen LogP contribution in [0.25, 0.3) is 11.1 Å². The van der Waals surface area contributed by atoms with Gasteiger partial charge < -0.3 is 9.80 Å². The van der Waals surface area contributed by atoms with Crippen molar-refractivity contribution < 1.29 is 0 Å². The van der Waals surface area contributed by atoms with Gasteiger partial charge in [0.15, 0.2) is 0 Å². The largest absolute Gasteiger partial charge is 0.310 e. The van der Waals surface area contributed by atoms with Crippen LogP contribution in [0, 0.1) is 13.8 Å². The van der Waals surface area contributed by atoms with Gasteiger partial charge in [0.05, 0.1) is 0 Å². The van der Waals surface area contributed by atoms with E-state index in [4.69, 9.17) is 0 Å². The van der Waals surface area contributed by atoms with Crippen molar-refractivity contribution in [2.24, 2.45) is 0 Å². The molecule has 6 aromatic rings. The minimum absolute atomic E-state index is 0.124. The summed E-state index contributed by atoms with van der Waals surface area (Å²) in [6.45, 7) is 9.06. The van der Waals surface area contributed by atoms with Crippen molar-refractivity contribution in [1.82, 2.24) is 0 Å². The maximum atomic E-state index is 2.43. The molecule has 216 valence electrons. The Morgan fingerprint density at radius 2 is 0.818 bits per heavy atom. The summed E-state index contributed by atoms with van der Waals surface area (Å²) < 4.78 is 0. The Morgan fingerprint density at radius 3 is 1.20 bits per heavy atom. The lowest BCUT2D eigenvalue weighted by Gasteiger charge is -2.31. The van der Waals surface area contributed by atoms with Gasteiger partial charge in [-0.1, -0.05) is 86.6 Å². The monoisotopic (exact) mass is 570 g/mol.